The number of aliphatic imine (C=N–C) groups is 1. The Morgan fingerprint density at radius 1 is 1.07 bits per heavy atom. The summed E-state index contributed by atoms with van der Waals surface area (Å²) in [6.45, 7) is 5.76. The summed E-state index contributed by atoms with van der Waals surface area (Å²) in [6, 6.07) is 5.35. The van der Waals surface area contributed by atoms with Crippen molar-refractivity contribution in [2.75, 3.05) is 19.6 Å². The van der Waals surface area contributed by atoms with Gasteiger partial charge in [-0.3, -0.25) is 19.5 Å². The molecule has 1 aromatic carbocycles. The fraction of sp³-hybridized carbons (Fsp3) is 0.526. The van der Waals surface area contributed by atoms with E-state index in [9.17, 15) is 19.8 Å². The van der Waals surface area contributed by atoms with Crippen LogP contribution < -0.4 is 17.2 Å². The van der Waals surface area contributed by atoms with Gasteiger partial charge in [0, 0.05) is 6.54 Å². The van der Waals surface area contributed by atoms with Crippen LogP contribution in [0.2, 0.25) is 0 Å². The average molecular weight is 412 g/mol. The Labute approximate surface area is 171 Å². The van der Waals surface area contributed by atoms with E-state index in [0.717, 1.165) is 5.56 Å². The summed E-state index contributed by atoms with van der Waals surface area (Å²) in [5.41, 5.74) is 16.2. The van der Waals surface area contributed by atoms with E-state index in [1.807, 2.05) is 18.7 Å². The average Bonchev–Trinajstić information content (AvgIpc) is 2.66. The molecule has 0 saturated carbocycles. The minimum Gasteiger partial charge on any atom is -0.508 e. The van der Waals surface area contributed by atoms with Crippen molar-refractivity contribution < 1.29 is 24.9 Å². The van der Waals surface area contributed by atoms with Crippen LogP contribution in [0.3, 0.4) is 0 Å². The van der Waals surface area contributed by atoms with Crippen molar-refractivity contribution in [3.8, 4) is 5.75 Å². The van der Waals surface area contributed by atoms with E-state index >= 15 is 0 Å². The van der Waals surface area contributed by atoms with Crippen LogP contribution in [0.5, 0.6) is 5.75 Å². The third-order valence-electron chi connectivity index (χ3n) is 4.19. The topological polar surface area (TPSA) is 188 Å². The number of phenolic OH excluding ortho intramolecular Hbond substituents is 1. The Kier molecular flexibility index (Phi) is 12.8. The number of carboxylic acids is 2. The van der Waals surface area contributed by atoms with Gasteiger partial charge in [-0.2, -0.15) is 0 Å². The molecule has 10 nitrogen and oxygen atoms in total. The minimum atomic E-state index is -1.00. The zero-order valence-electron chi connectivity index (χ0n) is 17.0. The van der Waals surface area contributed by atoms with Gasteiger partial charge in [0.15, 0.2) is 5.96 Å². The summed E-state index contributed by atoms with van der Waals surface area (Å²) in [4.78, 5) is 27.0. The molecule has 0 aliphatic heterocycles. The van der Waals surface area contributed by atoms with Crippen LogP contribution in [0.1, 0.15) is 32.3 Å². The number of hydrogen-bond donors (Lipinski definition) is 6. The number of nitrogens with two attached hydrogens (primary N) is 3. The van der Waals surface area contributed by atoms with E-state index in [2.05, 4.69) is 4.99 Å². The third-order valence-corrected chi connectivity index (χ3v) is 4.19. The monoisotopic (exact) mass is 411 g/mol. The second-order valence-electron chi connectivity index (χ2n) is 6.34. The largest absolute Gasteiger partial charge is 0.508 e. The molecule has 10 heteroatoms. The van der Waals surface area contributed by atoms with E-state index in [-0.39, 0.29) is 11.7 Å². The third kappa shape index (κ3) is 11.6. The number of aliphatic carboxylic acids is 2. The molecule has 9 N–H and O–H groups in total. The van der Waals surface area contributed by atoms with Gasteiger partial charge in [-0.1, -0.05) is 26.0 Å². The fourth-order valence-electron chi connectivity index (χ4n) is 2.54. The molecule has 0 aliphatic carbocycles. The van der Waals surface area contributed by atoms with E-state index in [0.29, 0.717) is 38.9 Å². The number of phenols is 1. The Morgan fingerprint density at radius 2 is 1.62 bits per heavy atom. The number of likely N-dealkylation sites (N-methyl/N-ethyl adjacent to an activating group) is 1. The van der Waals surface area contributed by atoms with Gasteiger partial charge in [-0.05, 0) is 50.0 Å². The molecule has 0 fully saturated rings. The Hall–Kier alpha value is -2.85. The van der Waals surface area contributed by atoms with Gasteiger partial charge in [0.1, 0.15) is 17.8 Å². The van der Waals surface area contributed by atoms with Crippen molar-refractivity contribution in [3.63, 3.8) is 0 Å². The lowest BCUT2D eigenvalue weighted by Crippen LogP contribution is -2.42. The van der Waals surface area contributed by atoms with Crippen LogP contribution in [0.25, 0.3) is 0 Å². The molecule has 1 aromatic rings. The molecule has 2 unspecified atom stereocenters. The van der Waals surface area contributed by atoms with E-state index in [4.69, 9.17) is 22.3 Å². The summed E-state index contributed by atoms with van der Waals surface area (Å²) in [6.07, 6.45) is 1.41. The van der Waals surface area contributed by atoms with Crippen molar-refractivity contribution in [3.05, 3.63) is 29.8 Å². The zero-order chi connectivity index (χ0) is 22.4. The standard InChI is InChI=1S/C13H19NO3.C6H14N4O2/c1-3-14(4-2)12(13(16)17)9-10-5-7-11(15)8-6-10;7-4(5(11)12)2-1-3-10-6(8)9/h5-8,12,15H,3-4,9H2,1-2H3,(H,16,17);4H,1-3,7H2,(H,11,12)(H4,8,9,10). The van der Waals surface area contributed by atoms with Crippen LogP contribution in [0, 0.1) is 0 Å². The maximum atomic E-state index is 11.2. The molecule has 2 atom stereocenters. The summed E-state index contributed by atoms with van der Waals surface area (Å²) < 4.78 is 0. The zero-order valence-corrected chi connectivity index (χ0v) is 17.0. The first-order chi connectivity index (χ1) is 13.6. The molecule has 0 spiro atoms. The van der Waals surface area contributed by atoms with Crippen molar-refractivity contribution in [1.82, 2.24) is 4.90 Å². The Morgan fingerprint density at radius 3 is 2.03 bits per heavy atom. The maximum Gasteiger partial charge on any atom is 0.321 e. The van der Waals surface area contributed by atoms with Crippen LogP contribution in [0.15, 0.2) is 29.3 Å². The molecule has 29 heavy (non-hydrogen) atoms. The summed E-state index contributed by atoms with van der Waals surface area (Å²) in [5, 5.41) is 26.8. The first-order valence-corrected chi connectivity index (χ1v) is 9.40. The lowest BCUT2D eigenvalue weighted by molar-refractivity contribution is -0.143. The van der Waals surface area contributed by atoms with Crippen molar-refractivity contribution >= 4 is 17.9 Å². The lowest BCUT2D eigenvalue weighted by atomic mass is 10.0. The number of carboxylic acid groups (broad SMARTS) is 2. The fourth-order valence-corrected chi connectivity index (χ4v) is 2.54. The van der Waals surface area contributed by atoms with Gasteiger partial charge in [0.25, 0.3) is 0 Å². The molecule has 164 valence electrons. The number of rotatable bonds is 11. The van der Waals surface area contributed by atoms with Crippen molar-refractivity contribution in [1.29, 1.82) is 0 Å². The van der Waals surface area contributed by atoms with Gasteiger partial charge in [0.2, 0.25) is 0 Å². The normalized spacial score (nSPS) is 12.4. The molecule has 0 radical (unpaired) electrons. The van der Waals surface area contributed by atoms with Crippen LogP contribution in [-0.4, -0.2) is 69.8 Å². The highest BCUT2D eigenvalue weighted by Crippen LogP contribution is 2.14. The van der Waals surface area contributed by atoms with Crippen molar-refractivity contribution in [2.24, 2.45) is 22.2 Å². The molecule has 0 heterocycles. The molecule has 0 amide bonds. The van der Waals surface area contributed by atoms with E-state index < -0.39 is 24.0 Å². The Bertz CT molecular complexity index is 643. The predicted octanol–water partition coefficient (Wildman–Crippen LogP) is 0.182. The highest BCUT2D eigenvalue weighted by atomic mass is 16.4. The van der Waals surface area contributed by atoms with E-state index in [1.54, 1.807) is 24.3 Å². The minimum absolute atomic E-state index is 0.0129. The Balaban J connectivity index is 0.000000578. The SMILES string of the molecule is CCN(CC)C(Cc1ccc(O)cc1)C(=O)O.NC(N)=NCCCC(N)C(=O)O. The first-order valence-electron chi connectivity index (χ1n) is 9.40. The number of guanidine groups is 1. The molecular formula is C19H33N5O5. The number of hydrogen-bond acceptors (Lipinski definition) is 6. The highest BCUT2D eigenvalue weighted by Gasteiger charge is 2.23. The highest BCUT2D eigenvalue weighted by molar-refractivity contribution is 5.75. The smallest absolute Gasteiger partial charge is 0.321 e. The maximum absolute atomic E-state index is 11.2. The first kappa shape index (κ1) is 26.1. The lowest BCUT2D eigenvalue weighted by Gasteiger charge is -2.26. The molecule has 0 saturated heterocycles. The number of carbonyl (C=O) groups is 2. The van der Waals surface area contributed by atoms with Crippen LogP contribution >= 0.6 is 0 Å². The van der Waals surface area contributed by atoms with Gasteiger partial charge < -0.3 is 32.5 Å². The second-order valence-corrected chi connectivity index (χ2v) is 6.34. The van der Waals surface area contributed by atoms with Gasteiger partial charge >= 0.3 is 11.9 Å². The summed E-state index contributed by atoms with van der Waals surface area (Å²) >= 11 is 0. The molecular weight excluding hydrogens is 378 g/mol. The van der Waals surface area contributed by atoms with Gasteiger partial charge in [-0.15, -0.1) is 0 Å². The number of nitrogens with zero attached hydrogens (tertiary/aromatic N) is 2. The summed E-state index contributed by atoms with van der Waals surface area (Å²) in [7, 11) is 0. The number of benzene rings is 1. The second kappa shape index (κ2) is 14.2. The molecule has 0 bridgehead atoms. The number of aromatic hydroxyl groups is 1. The van der Waals surface area contributed by atoms with E-state index in [1.165, 1.54) is 0 Å². The quantitative estimate of drug-likeness (QED) is 0.168. The predicted molar refractivity (Wildman–Crippen MR) is 112 cm³/mol. The van der Waals surface area contributed by atoms with Crippen LogP contribution in [-0.2, 0) is 16.0 Å². The molecule has 1 rings (SSSR count). The van der Waals surface area contributed by atoms with Crippen LogP contribution in [0.4, 0.5) is 0 Å². The molecule has 0 aliphatic rings. The van der Waals surface area contributed by atoms with Gasteiger partial charge in [-0.25, -0.2) is 0 Å². The summed E-state index contributed by atoms with van der Waals surface area (Å²) in [5.74, 6) is -1.59. The van der Waals surface area contributed by atoms with Gasteiger partial charge in [0.05, 0.1) is 0 Å². The molecule has 0 aromatic heterocycles. The van der Waals surface area contributed by atoms with Crippen molar-refractivity contribution in [2.45, 2.75) is 45.2 Å².